The van der Waals surface area contributed by atoms with E-state index in [4.69, 9.17) is 14.2 Å². The molecule has 0 saturated heterocycles. The molecule has 0 fully saturated rings. The van der Waals surface area contributed by atoms with Gasteiger partial charge in [0.05, 0.1) is 26.2 Å². The van der Waals surface area contributed by atoms with Gasteiger partial charge in [0.15, 0.2) is 11.5 Å². The van der Waals surface area contributed by atoms with Gasteiger partial charge in [-0.25, -0.2) is 12.7 Å². The Morgan fingerprint density at radius 3 is 2.24 bits per heavy atom. The molecule has 0 spiro atoms. The van der Waals surface area contributed by atoms with Crippen LogP contribution in [0.1, 0.15) is 21.8 Å². The summed E-state index contributed by atoms with van der Waals surface area (Å²) in [6, 6.07) is 11.1. The van der Waals surface area contributed by atoms with Crippen molar-refractivity contribution in [3.8, 4) is 17.2 Å². The average molecular weight is 503 g/mol. The monoisotopic (exact) mass is 502 g/mol. The first kappa shape index (κ1) is 24.0. The molecule has 0 unspecified atom stereocenters. The maximum atomic E-state index is 13.0. The molecule has 9 nitrogen and oxygen atoms in total. The largest absolute Gasteiger partial charge is 0.497 e. The van der Waals surface area contributed by atoms with E-state index in [0.29, 0.717) is 22.9 Å². The Hall–Kier alpha value is -3.15. The lowest BCUT2D eigenvalue weighted by molar-refractivity contribution is 0.353. The Bertz CT molecular complexity index is 1410. The number of thiazole rings is 1. The Morgan fingerprint density at radius 2 is 1.62 bits per heavy atom. The Labute approximate surface area is 202 Å². The molecule has 0 aliphatic rings. The lowest BCUT2D eigenvalue weighted by Crippen LogP contribution is -2.23. The summed E-state index contributed by atoms with van der Waals surface area (Å²) in [7, 11) is 3.89. The zero-order valence-corrected chi connectivity index (χ0v) is 21.2. The van der Waals surface area contributed by atoms with Crippen molar-refractivity contribution in [1.29, 1.82) is 0 Å². The second-order valence-corrected chi connectivity index (χ2v) is 11.0. The van der Waals surface area contributed by atoms with E-state index in [0.717, 1.165) is 27.6 Å². The maximum absolute atomic E-state index is 13.0. The molecule has 0 saturated carbocycles. The summed E-state index contributed by atoms with van der Waals surface area (Å²) in [6.07, 6.45) is 3.00. The number of hydrogen-bond acceptors (Lipinski definition) is 8. The Balaban J connectivity index is 1.70. The van der Waals surface area contributed by atoms with Gasteiger partial charge >= 0.3 is 0 Å². The smallest absolute Gasteiger partial charge is 0.242 e. The van der Waals surface area contributed by atoms with Crippen LogP contribution in [-0.2, 0) is 22.9 Å². The number of aromatic nitrogens is 3. The molecule has 34 heavy (non-hydrogen) atoms. The molecule has 0 bridgehead atoms. The van der Waals surface area contributed by atoms with E-state index < -0.39 is 10.0 Å². The molecule has 2 heterocycles. The summed E-state index contributed by atoms with van der Waals surface area (Å²) in [5, 5.41) is 8.62. The first-order valence-electron chi connectivity index (χ1n) is 10.4. The van der Waals surface area contributed by atoms with Crippen molar-refractivity contribution in [2.45, 2.75) is 17.7 Å². The molecule has 2 aromatic carbocycles. The topological polar surface area (TPSA) is 95.3 Å². The number of methoxy groups -OCH3 is 3. The van der Waals surface area contributed by atoms with Crippen molar-refractivity contribution in [3.05, 3.63) is 64.4 Å². The number of nitrogens with zero attached hydrogens (tertiary/aromatic N) is 4. The highest BCUT2D eigenvalue weighted by atomic mass is 32.2. The highest BCUT2D eigenvalue weighted by Gasteiger charge is 2.25. The quantitative estimate of drug-likeness (QED) is 0.347. The summed E-state index contributed by atoms with van der Waals surface area (Å²) in [4.78, 5) is 2.00. The molecule has 0 N–H and O–H groups in total. The third-order valence-electron chi connectivity index (χ3n) is 5.44. The normalized spacial score (nSPS) is 11.8. The minimum Gasteiger partial charge on any atom is -0.497 e. The minimum atomic E-state index is -3.73. The van der Waals surface area contributed by atoms with Crippen molar-refractivity contribution in [1.82, 2.24) is 18.9 Å². The molecule has 0 atom stereocenters. The molecule has 4 rings (SSSR count). The van der Waals surface area contributed by atoms with Crippen LogP contribution in [0.2, 0.25) is 0 Å². The summed E-state index contributed by atoms with van der Waals surface area (Å²) >= 11 is 1.55. The van der Waals surface area contributed by atoms with Crippen LogP contribution in [0.3, 0.4) is 0 Å². The average Bonchev–Trinajstić information content (AvgIpc) is 3.39. The van der Waals surface area contributed by atoms with Crippen LogP contribution < -0.4 is 14.2 Å². The van der Waals surface area contributed by atoms with Crippen LogP contribution in [0.25, 0.3) is 4.96 Å². The second-order valence-electron chi connectivity index (χ2n) is 7.77. The van der Waals surface area contributed by atoms with Gasteiger partial charge in [-0.3, -0.25) is 4.40 Å². The van der Waals surface area contributed by atoms with Gasteiger partial charge in [0, 0.05) is 44.1 Å². The maximum Gasteiger partial charge on any atom is 0.242 e. The van der Waals surface area contributed by atoms with E-state index in [1.165, 1.54) is 38.7 Å². The van der Waals surface area contributed by atoms with E-state index in [2.05, 4.69) is 10.2 Å². The van der Waals surface area contributed by atoms with Gasteiger partial charge in [-0.1, -0.05) is 23.5 Å². The number of benzene rings is 2. The fourth-order valence-electron chi connectivity index (χ4n) is 3.59. The van der Waals surface area contributed by atoms with Gasteiger partial charge in [0.25, 0.3) is 0 Å². The summed E-state index contributed by atoms with van der Waals surface area (Å²) in [5.41, 5.74) is 1.70. The van der Waals surface area contributed by atoms with Crippen LogP contribution >= 0.6 is 11.3 Å². The van der Waals surface area contributed by atoms with Crippen molar-refractivity contribution < 1.29 is 22.6 Å². The SMILES string of the molecule is COc1ccc(Cc2cn3c(Cc4cc(OC)c(OC)cc4S(=O)(=O)N(C)C)nnc3s2)cc1. The molecule has 180 valence electrons. The Morgan fingerprint density at radius 1 is 0.941 bits per heavy atom. The molecular weight excluding hydrogens is 476 g/mol. The zero-order chi connectivity index (χ0) is 24.5. The molecule has 11 heteroatoms. The highest BCUT2D eigenvalue weighted by Crippen LogP contribution is 2.35. The third kappa shape index (κ3) is 4.59. The van der Waals surface area contributed by atoms with E-state index in [9.17, 15) is 8.42 Å². The predicted molar refractivity (Wildman–Crippen MR) is 130 cm³/mol. The van der Waals surface area contributed by atoms with Gasteiger partial charge in [0.1, 0.15) is 11.6 Å². The minimum absolute atomic E-state index is 0.139. The second kappa shape index (κ2) is 9.61. The van der Waals surface area contributed by atoms with Gasteiger partial charge in [-0.2, -0.15) is 0 Å². The highest BCUT2D eigenvalue weighted by molar-refractivity contribution is 7.89. The third-order valence-corrected chi connectivity index (χ3v) is 8.31. The van der Waals surface area contributed by atoms with E-state index in [-0.39, 0.29) is 11.3 Å². The molecule has 2 aromatic heterocycles. The van der Waals surface area contributed by atoms with Crippen molar-refractivity contribution in [2.24, 2.45) is 0 Å². The summed E-state index contributed by atoms with van der Waals surface area (Å²) in [5.74, 6) is 2.24. The van der Waals surface area contributed by atoms with Gasteiger partial charge < -0.3 is 14.2 Å². The lowest BCUT2D eigenvalue weighted by atomic mass is 10.1. The standard InChI is InChI=1S/C23H26N4O5S2/c1-26(2)34(28,29)21-13-20(32-5)19(31-4)11-16(21)12-22-24-25-23-27(22)14-18(33-23)10-15-6-8-17(30-3)9-7-15/h6-9,11,13-14H,10,12H2,1-5H3. The molecule has 0 aliphatic heterocycles. The number of fused-ring (bicyclic) bond motifs is 1. The number of hydrogen-bond donors (Lipinski definition) is 0. The van der Waals surface area contributed by atoms with Crippen LogP contribution in [0, 0.1) is 0 Å². The molecule has 0 aliphatic carbocycles. The molecule has 0 amide bonds. The fraction of sp³-hybridized carbons (Fsp3) is 0.304. The van der Waals surface area contributed by atoms with Crippen LogP contribution in [0.15, 0.2) is 47.5 Å². The number of ether oxygens (including phenoxy) is 3. The van der Waals surface area contributed by atoms with Gasteiger partial charge in [-0.15, -0.1) is 10.2 Å². The van der Waals surface area contributed by atoms with Crippen LogP contribution in [0.4, 0.5) is 0 Å². The van der Waals surface area contributed by atoms with E-state index in [1.807, 2.05) is 34.9 Å². The first-order valence-corrected chi connectivity index (χ1v) is 12.6. The first-order chi connectivity index (χ1) is 16.3. The number of sulfonamides is 1. The van der Waals surface area contributed by atoms with E-state index in [1.54, 1.807) is 24.5 Å². The predicted octanol–water partition coefficient (Wildman–Crippen LogP) is 3.25. The fourth-order valence-corrected chi connectivity index (χ4v) is 5.67. The van der Waals surface area contributed by atoms with Crippen molar-refractivity contribution >= 4 is 26.3 Å². The molecule has 0 radical (unpaired) electrons. The summed E-state index contributed by atoms with van der Waals surface area (Å²) < 4.78 is 45.2. The van der Waals surface area contributed by atoms with Crippen molar-refractivity contribution in [3.63, 3.8) is 0 Å². The van der Waals surface area contributed by atoms with Gasteiger partial charge in [-0.05, 0) is 29.3 Å². The molecular formula is C23H26N4O5S2. The lowest BCUT2D eigenvalue weighted by Gasteiger charge is -2.17. The van der Waals surface area contributed by atoms with Crippen LogP contribution in [0.5, 0.6) is 17.2 Å². The van der Waals surface area contributed by atoms with Crippen LogP contribution in [-0.4, -0.2) is 62.7 Å². The molecule has 4 aromatic rings. The van der Waals surface area contributed by atoms with Gasteiger partial charge in [0.2, 0.25) is 15.0 Å². The summed E-state index contributed by atoms with van der Waals surface area (Å²) in [6.45, 7) is 0. The van der Waals surface area contributed by atoms with Crippen molar-refractivity contribution in [2.75, 3.05) is 35.4 Å². The Kier molecular flexibility index (Phi) is 6.78. The van der Waals surface area contributed by atoms with E-state index >= 15 is 0 Å². The number of rotatable bonds is 9. The zero-order valence-electron chi connectivity index (χ0n) is 19.6.